The fourth-order valence-electron chi connectivity index (χ4n) is 1.66. The molecule has 1 nitrogen and oxygen atoms in total. The average molecular weight is 606 g/mol. The summed E-state index contributed by atoms with van der Waals surface area (Å²) in [5.74, 6) is 0. The van der Waals surface area contributed by atoms with E-state index in [2.05, 4.69) is 72.0 Å². The van der Waals surface area contributed by atoms with E-state index >= 15 is 0 Å². The van der Waals surface area contributed by atoms with Crippen LogP contribution in [0.1, 0.15) is 51.9 Å². The van der Waals surface area contributed by atoms with Crippen LogP contribution in [0.5, 0.6) is 0 Å². The molecule has 0 spiro atoms. The van der Waals surface area contributed by atoms with Gasteiger partial charge in [-0.3, -0.25) is 0 Å². The molecule has 0 fully saturated rings. The minimum absolute atomic E-state index is 0.731. The maximum absolute atomic E-state index is 5.48. The summed E-state index contributed by atoms with van der Waals surface area (Å²) in [6.45, 7) is 7.47. The van der Waals surface area contributed by atoms with E-state index in [1.54, 1.807) is 0 Å². The zero-order valence-corrected chi connectivity index (χ0v) is 18.8. The Morgan fingerprint density at radius 1 is 0.944 bits per heavy atom. The molecule has 0 saturated carbocycles. The standard InChI is InChI=1S/C13H25I3OSi/c1-13(2)12-17-10-8-6-4-3-5-7-9-11-18(14,15)16/h1,3-12H2,2H3. The molecule has 0 N–H and O–H groups in total. The number of rotatable bonds is 12. The first-order valence-corrected chi connectivity index (χ1v) is 18.3. The van der Waals surface area contributed by atoms with Crippen LogP contribution in [-0.4, -0.2) is 13.8 Å². The second kappa shape index (κ2) is 12.8. The zero-order chi connectivity index (χ0) is 13.9. The molecule has 0 saturated heterocycles. The van der Waals surface area contributed by atoms with E-state index in [4.69, 9.17) is 4.74 Å². The molecule has 0 radical (unpaired) electrons. The minimum atomic E-state index is -0.871. The lowest BCUT2D eigenvalue weighted by Crippen LogP contribution is -2.03. The fourth-order valence-corrected chi connectivity index (χ4v) is 5.74. The lowest BCUT2D eigenvalue weighted by atomic mass is 10.1. The van der Waals surface area contributed by atoms with Crippen molar-refractivity contribution >= 4 is 66.0 Å². The highest BCUT2D eigenvalue weighted by Crippen LogP contribution is 2.35. The largest absolute Gasteiger partial charge is 0.377 e. The van der Waals surface area contributed by atoms with Crippen LogP contribution in [0.25, 0.3) is 0 Å². The third-order valence-corrected chi connectivity index (χ3v) is 8.37. The normalized spacial score (nSPS) is 11.8. The molecule has 0 aromatic carbocycles. The molecule has 0 unspecified atom stereocenters. The van der Waals surface area contributed by atoms with E-state index in [9.17, 15) is 0 Å². The Hall–Kier alpha value is 2.11. The van der Waals surface area contributed by atoms with E-state index in [1.165, 1.54) is 51.0 Å². The first-order valence-electron chi connectivity index (χ1n) is 6.70. The van der Waals surface area contributed by atoms with Crippen LogP contribution in [0.2, 0.25) is 6.04 Å². The topological polar surface area (TPSA) is 9.23 Å². The second-order valence-electron chi connectivity index (χ2n) is 4.85. The van der Waals surface area contributed by atoms with Gasteiger partial charge in [0.25, 0.3) is 0.564 Å². The Balaban J connectivity index is 3.06. The third kappa shape index (κ3) is 18.1. The molecule has 0 aliphatic carbocycles. The van der Waals surface area contributed by atoms with Crippen LogP contribution >= 0.6 is 65.4 Å². The highest BCUT2D eigenvalue weighted by atomic mass is 127. The van der Waals surface area contributed by atoms with E-state index in [-0.39, 0.29) is 0 Å². The van der Waals surface area contributed by atoms with Gasteiger partial charge in [-0.25, -0.2) is 0 Å². The molecule has 108 valence electrons. The first kappa shape index (κ1) is 20.1. The van der Waals surface area contributed by atoms with Crippen molar-refractivity contribution in [3.05, 3.63) is 12.2 Å². The Kier molecular flexibility index (Phi) is 14.3. The number of ether oxygens (including phenoxy) is 1. The third-order valence-electron chi connectivity index (χ3n) is 2.60. The van der Waals surface area contributed by atoms with E-state index in [0.29, 0.717) is 0 Å². The first-order chi connectivity index (χ1) is 8.42. The van der Waals surface area contributed by atoms with Crippen LogP contribution in [-0.2, 0) is 4.74 Å². The van der Waals surface area contributed by atoms with Gasteiger partial charge in [0.15, 0.2) is 0 Å². The van der Waals surface area contributed by atoms with Crippen molar-refractivity contribution in [2.24, 2.45) is 0 Å². The molecule has 5 heteroatoms. The number of halogens is 3. The Bertz CT molecular complexity index is 217. The molecule has 0 aliphatic rings. The van der Waals surface area contributed by atoms with Crippen molar-refractivity contribution in [3.63, 3.8) is 0 Å². The maximum Gasteiger partial charge on any atom is 0.253 e. The summed E-state index contributed by atoms with van der Waals surface area (Å²) in [7, 11) is 0. The Morgan fingerprint density at radius 3 is 1.94 bits per heavy atom. The molecule has 0 rings (SSSR count). The van der Waals surface area contributed by atoms with Crippen molar-refractivity contribution < 1.29 is 4.74 Å². The van der Waals surface area contributed by atoms with Crippen molar-refractivity contribution in [2.75, 3.05) is 13.2 Å². The molecular weight excluding hydrogens is 581 g/mol. The van der Waals surface area contributed by atoms with Crippen molar-refractivity contribution in [3.8, 4) is 0 Å². The second-order valence-corrected chi connectivity index (χ2v) is 41.7. The smallest absolute Gasteiger partial charge is 0.253 e. The van der Waals surface area contributed by atoms with Gasteiger partial charge in [-0.1, -0.05) is 116 Å². The summed E-state index contributed by atoms with van der Waals surface area (Å²) in [6.07, 6.45) is 9.58. The molecule has 18 heavy (non-hydrogen) atoms. The molecule has 0 heterocycles. The number of hydrogen-bond donors (Lipinski definition) is 0. The summed E-state index contributed by atoms with van der Waals surface area (Å²) >= 11 is 7.98. The Morgan fingerprint density at radius 2 is 1.44 bits per heavy atom. The van der Waals surface area contributed by atoms with Gasteiger partial charge in [-0.15, -0.1) is 0 Å². The van der Waals surface area contributed by atoms with Gasteiger partial charge in [-0.2, -0.15) is 0 Å². The van der Waals surface area contributed by atoms with Gasteiger partial charge < -0.3 is 4.74 Å². The predicted octanol–water partition coefficient (Wildman–Crippen LogP) is 6.55. The average Bonchev–Trinajstić information content (AvgIpc) is 2.24. The summed E-state index contributed by atoms with van der Waals surface area (Å²) in [6, 6.07) is 1.46. The minimum Gasteiger partial charge on any atom is -0.377 e. The van der Waals surface area contributed by atoms with Crippen molar-refractivity contribution in [1.82, 2.24) is 0 Å². The van der Waals surface area contributed by atoms with Crippen LogP contribution in [0.3, 0.4) is 0 Å². The van der Waals surface area contributed by atoms with Gasteiger partial charge >= 0.3 is 0 Å². The lowest BCUT2D eigenvalue weighted by molar-refractivity contribution is 0.151. The summed E-state index contributed by atoms with van der Waals surface area (Å²) in [4.78, 5) is 0. The molecule has 0 atom stereocenters. The van der Waals surface area contributed by atoms with Crippen LogP contribution in [0, 0.1) is 0 Å². The number of hydrogen-bond acceptors (Lipinski definition) is 1. The molecule has 0 amide bonds. The molecule has 0 aromatic heterocycles. The highest BCUT2D eigenvalue weighted by Gasteiger charge is 2.19. The maximum atomic E-state index is 5.48. The van der Waals surface area contributed by atoms with Gasteiger partial charge in [0.2, 0.25) is 0 Å². The summed E-state index contributed by atoms with van der Waals surface area (Å²) in [5, 5.41) is 0. The van der Waals surface area contributed by atoms with Crippen LogP contribution in [0.15, 0.2) is 12.2 Å². The van der Waals surface area contributed by atoms with Gasteiger partial charge in [0, 0.05) is 6.61 Å². The van der Waals surface area contributed by atoms with E-state index in [0.717, 1.165) is 18.8 Å². The van der Waals surface area contributed by atoms with Crippen molar-refractivity contribution in [1.29, 1.82) is 0 Å². The van der Waals surface area contributed by atoms with Gasteiger partial charge in [0.05, 0.1) is 6.61 Å². The summed E-state index contributed by atoms with van der Waals surface area (Å²) in [5.41, 5.74) is 1.12. The predicted molar refractivity (Wildman–Crippen MR) is 111 cm³/mol. The van der Waals surface area contributed by atoms with Crippen LogP contribution < -0.4 is 0 Å². The number of unbranched alkanes of at least 4 members (excludes halogenated alkanes) is 6. The quantitative estimate of drug-likeness (QED) is 0.0806. The SMILES string of the molecule is C=C(C)COCCCCCCCCC[Si](I)(I)I. The molecular formula is C13H25I3OSi. The van der Waals surface area contributed by atoms with Gasteiger partial charge in [-0.05, 0) is 19.4 Å². The molecule has 0 aromatic rings. The monoisotopic (exact) mass is 606 g/mol. The molecule has 0 bridgehead atoms. The van der Waals surface area contributed by atoms with Crippen molar-refractivity contribution in [2.45, 2.75) is 57.9 Å². The highest BCUT2D eigenvalue weighted by molar-refractivity contribution is 14.4. The van der Waals surface area contributed by atoms with E-state index < -0.39 is 0.564 Å². The van der Waals surface area contributed by atoms with E-state index in [1.807, 2.05) is 6.92 Å². The summed E-state index contributed by atoms with van der Waals surface area (Å²) < 4.78 is 4.61. The molecule has 0 aliphatic heterocycles. The van der Waals surface area contributed by atoms with Crippen LogP contribution in [0.4, 0.5) is 0 Å². The van der Waals surface area contributed by atoms with Gasteiger partial charge in [0.1, 0.15) is 0 Å². The fraction of sp³-hybridized carbons (Fsp3) is 0.846. The zero-order valence-electron chi connectivity index (χ0n) is 11.3. The Labute approximate surface area is 152 Å². The lowest BCUT2D eigenvalue weighted by Gasteiger charge is -2.08.